The Hall–Kier alpha value is -3.75. The van der Waals surface area contributed by atoms with Crippen molar-refractivity contribution in [1.29, 1.82) is 0 Å². The van der Waals surface area contributed by atoms with Gasteiger partial charge in [-0.05, 0) is 99.5 Å². The van der Waals surface area contributed by atoms with Gasteiger partial charge in [0.15, 0.2) is 0 Å². The van der Waals surface area contributed by atoms with Crippen LogP contribution in [0.2, 0.25) is 0 Å². The number of amides is 1. The number of fused-ring (bicyclic) bond motifs is 1. The highest BCUT2D eigenvalue weighted by Crippen LogP contribution is 2.36. The van der Waals surface area contributed by atoms with Gasteiger partial charge in [-0.15, -0.1) is 0 Å². The third-order valence-corrected chi connectivity index (χ3v) is 8.19. The second-order valence-corrected chi connectivity index (χ2v) is 10.6. The average Bonchev–Trinajstić information content (AvgIpc) is 3.35. The summed E-state index contributed by atoms with van der Waals surface area (Å²) in [6, 6.07) is 17.9. The number of hydrogen-bond donors (Lipinski definition) is 3. The topological polar surface area (TPSA) is 101 Å². The first-order valence-electron chi connectivity index (χ1n) is 13.9. The first-order chi connectivity index (χ1) is 19.1. The zero-order valence-corrected chi connectivity index (χ0v) is 22.3. The number of hydrogen-bond acceptors (Lipinski definition) is 6. The van der Waals surface area contributed by atoms with Crippen molar-refractivity contribution in [3.05, 3.63) is 71.9 Å². The van der Waals surface area contributed by atoms with Crippen molar-refractivity contribution in [3.63, 3.8) is 0 Å². The molecule has 2 fully saturated rings. The first kappa shape index (κ1) is 25.5. The molecular formula is C31H35N5O3. The van der Waals surface area contributed by atoms with E-state index in [1.54, 1.807) is 25.4 Å². The molecule has 0 bridgehead atoms. The molecule has 1 saturated carbocycles. The molecule has 0 radical (unpaired) electrons. The molecule has 1 amide bonds. The van der Waals surface area contributed by atoms with Crippen LogP contribution in [0.15, 0.2) is 60.8 Å². The molecule has 2 aliphatic rings. The van der Waals surface area contributed by atoms with Gasteiger partial charge < -0.3 is 19.7 Å². The summed E-state index contributed by atoms with van der Waals surface area (Å²) < 4.78 is 7.67. The molecule has 202 valence electrons. The quantitative estimate of drug-likeness (QED) is 0.316. The molecule has 0 atom stereocenters. The van der Waals surface area contributed by atoms with E-state index in [2.05, 4.69) is 38.4 Å². The summed E-state index contributed by atoms with van der Waals surface area (Å²) >= 11 is 0. The molecule has 1 aliphatic carbocycles. The summed E-state index contributed by atoms with van der Waals surface area (Å²) in [7, 11) is 1.63. The average molecular weight is 526 g/mol. The maximum absolute atomic E-state index is 13.6. The van der Waals surface area contributed by atoms with Crippen LogP contribution >= 0.6 is 0 Å². The minimum atomic E-state index is -0.259. The van der Waals surface area contributed by atoms with E-state index in [4.69, 9.17) is 9.72 Å². The number of benzene rings is 2. The summed E-state index contributed by atoms with van der Waals surface area (Å²) in [5, 5.41) is 16.7. The highest BCUT2D eigenvalue weighted by molar-refractivity contribution is 6.04. The fourth-order valence-corrected chi connectivity index (χ4v) is 6.05. The monoisotopic (exact) mass is 525 g/mol. The summed E-state index contributed by atoms with van der Waals surface area (Å²) in [6.45, 7) is 2.07. The van der Waals surface area contributed by atoms with Crippen LogP contribution in [0.25, 0.3) is 22.3 Å². The van der Waals surface area contributed by atoms with Crippen LogP contribution in [0.1, 0.15) is 66.4 Å². The molecule has 39 heavy (non-hydrogen) atoms. The maximum Gasteiger partial charge on any atom is 0.258 e. The number of methoxy groups -OCH3 is 1. The SMILES string of the molecule is COc1ccccc1-c1cc(C(=O)Nc2nc3cc(C4CCNCC4)ccc3n2C2CCC(O)CC2)ccn1. The predicted octanol–water partition coefficient (Wildman–Crippen LogP) is 5.30. The van der Waals surface area contributed by atoms with Gasteiger partial charge in [0.25, 0.3) is 5.91 Å². The van der Waals surface area contributed by atoms with E-state index in [9.17, 15) is 9.90 Å². The fraction of sp³-hybridized carbons (Fsp3) is 0.387. The van der Waals surface area contributed by atoms with Crippen LogP contribution in [0.4, 0.5) is 5.95 Å². The van der Waals surface area contributed by atoms with Crippen molar-refractivity contribution in [3.8, 4) is 17.0 Å². The molecule has 1 aliphatic heterocycles. The molecule has 2 aromatic carbocycles. The van der Waals surface area contributed by atoms with E-state index < -0.39 is 0 Å². The number of nitrogens with zero attached hydrogens (tertiary/aromatic N) is 3. The number of aliphatic hydroxyl groups excluding tert-OH is 1. The fourth-order valence-electron chi connectivity index (χ4n) is 6.05. The van der Waals surface area contributed by atoms with E-state index in [0.29, 0.717) is 28.9 Å². The van der Waals surface area contributed by atoms with Gasteiger partial charge in [-0.3, -0.25) is 15.1 Å². The van der Waals surface area contributed by atoms with Gasteiger partial charge in [0.2, 0.25) is 5.95 Å². The lowest BCUT2D eigenvalue weighted by Crippen LogP contribution is -2.26. The number of imidazole rings is 1. The van der Waals surface area contributed by atoms with Gasteiger partial charge in [0.05, 0.1) is 29.9 Å². The number of para-hydroxylation sites is 1. The second-order valence-electron chi connectivity index (χ2n) is 10.6. The van der Waals surface area contributed by atoms with Crippen molar-refractivity contribution in [2.24, 2.45) is 0 Å². The van der Waals surface area contributed by atoms with Gasteiger partial charge in [0.1, 0.15) is 5.75 Å². The molecule has 3 heterocycles. The Morgan fingerprint density at radius 2 is 1.82 bits per heavy atom. The largest absolute Gasteiger partial charge is 0.496 e. The number of anilines is 1. The van der Waals surface area contributed by atoms with Crippen LogP contribution in [-0.2, 0) is 0 Å². The molecule has 0 unspecified atom stereocenters. The number of ether oxygens (including phenoxy) is 1. The molecule has 6 rings (SSSR count). The number of rotatable bonds is 6. The normalized spacial score (nSPS) is 20.2. The predicted molar refractivity (Wildman–Crippen MR) is 152 cm³/mol. The lowest BCUT2D eigenvalue weighted by atomic mass is 9.90. The van der Waals surface area contributed by atoms with E-state index in [1.807, 2.05) is 24.3 Å². The Morgan fingerprint density at radius 1 is 1.03 bits per heavy atom. The van der Waals surface area contributed by atoms with Crippen LogP contribution in [0.3, 0.4) is 0 Å². The number of piperidine rings is 1. The second kappa shape index (κ2) is 11.2. The molecule has 0 spiro atoms. The number of pyridine rings is 1. The zero-order valence-electron chi connectivity index (χ0n) is 22.3. The van der Waals surface area contributed by atoms with E-state index in [-0.39, 0.29) is 18.1 Å². The minimum absolute atomic E-state index is 0.167. The van der Waals surface area contributed by atoms with Gasteiger partial charge in [-0.2, -0.15) is 0 Å². The number of nitrogens with one attached hydrogen (secondary N) is 2. The maximum atomic E-state index is 13.6. The standard InChI is InChI=1S/C31H35N5O3/c1-39-29-5-3-2-4-25(29)26-19-22(14-17-33-26)30(38)35-31-34-27-18-21(20-12-15-32-16-13-20)6-11-28(27)36(31)23-7-9-24(37)10-8-23/h2-6,11,14,17-20,23-24,32,37H,7-10,12-13,15-16H2,1H3,(H,34,35,38). The molecule has 8 nitrogen and oxygen atoms in total. The Balaban J connectivity index is 1.34. The third-order valence-electron chi connectivity index (χ3n) is 8.19. The van der Waals surface area contributed by atoms with E-state index in [0.717, 1.165) is 68.2 Å². The van der Waals surface area contributed by atoms with Gasteiger partial charge in [-0.1, -0.05) is 18.2 Å². The van der Waals surface area contributed by atoms with Crippen molar-refractivity contribution < 1.29 is 14.6 Å². The molecule has 4 aromatic rings. The van der Waals surface area contributed by atoms with E-state index in [1.165, 1.54) is 5.56 Å². The lowest BCUT2D eigenvalue weighted by Gasteiger charge is -2.28. The number of aliphatic hydroxyl groups is 1. The number of aromatic nitrogens is 3. The first-order valence-corrected chi connectivity index (χ1v) is 13.9. The Labute approximate surface area is 228 Å². The summed E-state index contributed by atoms with van der Waals surface area (Å²) in [4.78, 5) is 23.0. The van der Waals surface area contributed by atoms with Crippen LogP contribution < -0.4 is 15.4 Å². The molecule has 1 saturated heterocycles. The van der Waals surface area contributed by atoms with Gasteiger partial charge >= 0.3 is 0 Å². The van der Waals surface area contributed by atoms with Crippen molar-refractivity contribution in [2.45, 2.75) is 56.6 Å². The Morgan fingerprint density at radius 3 is 2.62 bits per heavy atom. The van der Waals surface area contributed by atoms with Crippen molar-refractivity contribution in [2.75, 3.05) is 25.5 Å². The smallest absolute Gasteiger partial charge is 0.258 e. The summed E-state index contributed by atoms with van der Waals surface area (Å²) in [6.07, 6.45) is 6.81. The van der Waals surface area contributed by atoms with E-state index >= 15 is 0 Å². The lowest BCUT2D eigenvalue weighted by molar-refractivity contribution is 0.102. The van der Waals surface area contributed by atoms with Gasteiger partial charge in [-0.25, -0.2) is 4.98 Å². The third kappa shape index (κ3) is 5.27. The van der Waals surface area contributed by atoms with Crippen LogP contribution in [0.5, 0.6) is 5.75 Å². The molecular weight excluding hydrogens is 490 g/mol. The highest BCUT2D eigenvalue weighted by atomic mass is 16.5. The number of carbonyl (C=O) groups is 1. The zero-order chi connectivity index (χ0) is 26.8. The highest BCUT2D eigenvalue weighted by Gasteiger charge is 2.27. The molecule has 8 heteroatoms. The summed E-state index contributed by atoms with van der Waals surface area (Å²) in [5.41, 5.74) is 5.22. The minimum Gasteiger partial charge on any atom is -0.496 e. The Kier molecular flexibility index (Phi) is 7.30. The molecule has 2 aromatic heterocycles. The van der Waals surface area contributed by atoms with Crippen LogP contribution in [-0.4, -0.2) is 51.9 Å². The molecule has 3 N–H and O–H groups in total. The van der Waals surface area contributed by atoms with Crippen LogP contribution in [0, 0.1) is 0 Å². The Bertz CT molecular complexity index is 1470. The number of carbonyl (C=O) groups excluding carboxylic acids is 1. The van der Waals surface area contributed by atoms with Crippen molar-refractivity contribution >= 4 is 22.9 Å². The van der Waals surface area contributed by atoms with Gasteiger partial charge in [0, 0.05) is 23.4 Å². The summed E-state index contributed by atoms with van der Waals surface area (Å²) in [5.74, 6) is 1.54. The van der Waals surface area contributed by atoms with Crippen molar-refractivity contribution in [1.82, 2.24) is 19.9 Å².